The third-order valence-corrected chi connectivity index (χ3v) is 7.21. The SMILES string of the molecule is CN=C(NC1CCN(C2CCCC2)CC1)NC1CC1(C)c1ccccc1OC. The Morgan fingerprint density at radius 3 is 2.50 bits per heavy atom. The average molecular weight is 385 g/mol. The number of benzene rings is 1. The van der Waals surface area contributed by atoms with E-state index in [1.54, 1.807) is 7.11 Å². The molecule has 0 radical (unpaired) electrons. The van der Waals surface area contributed by atoms with Gasteiger partial charge in [0.25, 0.3) is 0 Å². The van der Waals surface area contributed by atoms with E-state index >= 15 is 0 Å². The van der Waals surface area contributed by atoms with Gasteiger partial charge in [0.2, 0.25) is 0 Å². The molecule has 1 aliphatic heterocycles. The predicted octanol–water partition coefficient (Wildman–Crippen LogP) is 3.30. The molecule has 154 valence electrons. The van der Waals surface area contributed by atoms with E-state index in [2.05, 4.69) is 45.6 Å². The monoisotopic (exact) mass is 384 g/mol. The van der Waals surface area contributed by atoms with Gasteiger partial charge in [-0.05, 0) is 38.2 Å². The summed E-state index contributed by atoms with van der Waals surface area (Å²) in [7, 11) is 3.64. The summed E-state index contributed by atoms with van der Waals surface area (Å²) in [6, 6.07) is 10.2. The van der Waals surface area contributed by atoms with E-state index in [-0.39, 0.29) is 5.41 Å². The number of piperidine rings is 1. The number of nitrogens with zero attached hydrogens (tertiary/aromatic N) is 2. The molecule has 1 aromatic rings. The Morgan fingerprint density at radius 1 is 1.11 bits per heavy atom. The molecular weight excluding hydrogens is 348 g/mol. The lowest BCUT2D eigenvalue weighted by Gasteiger charge is -2.36. The molecule has 2 atom stereocenters. The molecule has 2 saturated carbocycles. The van der Waals surface area contributed by atoms with Crippen LogP contribution in [0, 0.1) is 0 Å². The molecule has 1 heterocycles. The zero-order chi connectivity index (χ0) is 19.6. The van der Waals surface area contributed by atoms with Gasteiger partial charge in [0.05, 0.1) is 7.11 Å². The van der Waals surface area contributed by atoms with E-state index in [1.165, 1.54) is 57.2 Å². The minimum atomic E-state index is 0.107. The second-order valence-electron chi connectivity index (χ2n) is 8.98. The molecule has 28 heavy (non-hydrogen) atoms. The highest BCUT2D eigenvalue weighted by molar-refractivity contribution is 5.81. The maximum Gasteiger partial charge on any atom is 0.191 e. The lowest BCUT2D eigenvalue weighted by atomic mass is 9.96. The quantitative estimate of drug-likeness (QED) is 0.604. The summed E-state index contributed by atoms with van der Waals surface area (Å²) in [5.41, 5.74) is 1.39. The first-order chi connectivity index (χ1) is 13.6. The van der Waals surface area contributed by atoms with E-state index in [4.69, 9.17) is 4.74 Å². The lowest BCUT2D eigenvalue weighted by Crippen LogP contribution is -2.51. The average Bonchev–Trinajstić information content (AvgIpc) is 3.13. The minimum Gasteiger partial charge on any atom is -0.496 e. The maximum atomic E-state index is 5.59. The Balaban J connectivity index is 1.29. The van der Waals surface area contributed by atoms with Crippen LogP contribution in [0.4, 0.5) is 0 Å². The van der Waals surface area contributed by atoms with Crippen molar-refractivity contribution in [1.82, 2.24) is 15.5 Å². The zero-order valence-corrected chi connectivity index (χ0v) is 17.7. The first-order valence-corrected chi connectivity index (χ1v) is 11.0. The Morgan fingerprint density at radius 2 is 1.82 bits per heavy atom. The Kier molecular flexibility index (Phi) is 5.81. The van der Waals surface area contributed by atoms with Crippen molar-refractivity contribution in [3.8, 4) is 5.75 Å². The van der Waals surface area contributed by atoms with Crippen LogP contribution < -0.4 is 15.4 Å². The molecule has 2 N–H and O–H groups in total. The van der Waals surface area contributed by atoms with Gasteiger partial charge < -0.3 is 20.3 Å². The Hall–Kier alpha value is -1.75. The van der Waals surface area contributed by atoms with Crippen molar-refractivity contribution in [1.29, 1.82) is 0 Å². The van der Waals surface area contributed by atoms with Crippen LogP contribution in [0.3, 0.4) is 0 Å². The van der Waals surface area contributed by atoms with Crippen LogP contribution >= 0.6 is 0 Å². The van der Waals surface area contributed by atoms with Crippen LogP contribution in [-0.2, 0) is 5.41 Å². The number of aliphatic imine (C=N–C) groups is 1. The first-order valence-electron chi connectivity index (χ1n) is 11.0. The summed E-state index contributed by atoms with van der Waals surface area (Å²) >= 11 is 0. The highest BCUT2D eigenvalue weighted by atomic mass is 16.5. The van der Waals surface area contributed by atoms with Crippen molar-refractivity contribution in [3.05, 3.63) is 29.8 Å². The van der Waals surface area contributed by atoms with Crippen LogP contribution in [-0.4, -0.2) is 56.2 Å². The van der Waals surface area contributed by atoms with E-state index in [0.717, 1.165) is 24.2 Å². The molecule has 5 heteroatoms. The number of para-hydroxylation sites is 1. The number of hydrogen-bond acceptors (Lipinski definition) is 3. The topological polar surface area (TPSA) is 48.9 Å². The van der Waals surface area contributed by atoms with Gasteiger partial charge in [-0.1, -0.05) is 38.0 Å². The number of hydrogen-bond donors (Lipinski definition) is 2. The number of likely N-dealkylation sites (tertiary alicyclic amines) is 1. The van der Waals surface area contributed by atoms with Crippen molar-refractivity contribution in [2.45, 2.75) is 75.4 Å². The normalized spacial score (nSPS) is 29.7. The van der Waals surface area contributed by atoms with E-state index in [9.17, 15) is 0 Å². The summed E-state index contributed by atoms with van der Waals surface area (Å²) in [6.07, 6.45) is 9.19. The van der Waals surface area contributed by atoms with Crippen molar-refractivity contribution < 1.29 is 4.74 Å². The van der Waals surface area contributed by atoms with Gasteiger partial charge in [0.15, 0.2) is 5.96 Å². The van der Waals surface area contributed by atoms with Crippen LogP contribution in [0.2, 0.25) is 0 Å². The number of rotatable bonds is 5. The highest BCUT2D eigenvalue weighted by Gasteiger charge is 2.53. The Bertz CT molecular complexity index is 692. The number of methoxy groups -OCH3 is 1. The molecule has 1 aromatic carbocycles. The first kappa shape index (κ1) is 19.6. The summed E-state index contributed by atoms with van der Waals surface area (Å²) in [5, 5.41) is 7.35. The third kappa shape index (κ3) is 4.00. The molecule has 0 bridgehead atoms. The molecule has 0 spiro atoms. The van der Waals surface area contributed by atoms with Gasteiger partial charge in [-0.25, -0.2) is 0 Å². The summed E-state index contributed by atoms with van der Waals surface area (Å²) < 4.78 is 5.59. The Labute approximate surface area is 169 Å². The fourth-order valence-corrected chi connectivity index (χ4v) is 5.20. The van der Waals surface area contributed by atoms with Crippen molar-refractivity contribution >= 4 is 5.96 Å². The fraction of sp³-hybridized carbons (Fsp3) is 0.696. The molecule has 0 amide bonds. The van der Waals surface area contributed by atoms with Gasteiger partial charge in [-0.3, -0.25) is 4.99 Å². The molecule has 1 saturated heterocycles. The van der Waals surface area contributed by atoms with Gasteiger partial charge >= 0.3 is 0 Å². The number of guanidine groups is 1. The predicted molar refractivity (Wildman–Crippen MR) is 115 cm³/mol. The van der Waals surface area contributed by atoms with Crippen LogP contribution in [0.5, 0.6) is 5.75 Å². The van der Waals surface area contributed by atoms with Gasteiger partial charge in [0, 0.05) is 49.2 Å². The van der Waals surface area contributed by atoms with Gasteiger partial charge in [0.1, 0.15) is 5.75 Å². The molecule has 5 nitrogen and oxygen atoms in total. The molecule has 2 unspecified atom stereocenters. The van der Waals surface area contributed by atoms with Crippen molar-refractivity contribution in [2.75, 3.05) is 27.2 Å². The fourth-order valence-electron chi connectivity index (χ4n) is 5.20. The summed E-state index contributed by atoms with van der Waals surface area (Å²) in [5.74, 6) is 1.93. The third-order valence-electron chi connectivity index (χ3n) is 7.21. The maximum absolute atomic E-state index is 5.59. The summed E-state index contributed by atoms with van der Waals surface area (Å²) in [4.78, 5) is 7.23. The lowest BCUT2D eigenvalue weighted by molar-refractivity contribution is 0.150. The van der Waals surface area contributed by atoms with Gasteiger partial charge in [-0.15, -0.1) is 0 Å². The smallest absolute Gasteiger partial charge is 0.191 e. The van der Waals surface area contributed by atoms with Crippen molar-refractivity contribution in [3.63, 3.8) is 0 Å². The molecule has 4 rings (SSSR count). The van der Waals surface area contributed by atoms with Crippen LogP contribution in [0.25, 0.3) is 0 Å². The minimum absolute atomic E-state index is 0.107. The van der Waals surface area contributed by atoms with Crippen LogP contribution in [0.15, 0.2) is 29.3 Å². The second kappa shape index (κ2) is 8.32. The van der Waals surface area contributed by atoms with Crippen molar-refractivity contribution in [2.24, 2.45) is 4.99 Å². The van der Waals surface area contributed by atoms with Gasteiger partial charge in [-0.2, -0.15) is 0 Å². The highest BCUT2D eigenvalue weighted by Crippen LogP contribution is 2.50. The molecule has 0 aromatic heterocycles. The molecule has 3 aliphatic rings. The molecular formula is C23H36N4O. The molecule has 2 aliphatic carbocycles. The van der Waals surface area contributed by atoms with E-state index in [0.29, 0.717) is 12.1 Å². The molecule has 3 fully saturated rings. The standard InChI is InChI=1S/C23H36N4O/c1-23(19-10-6-7-11-20(19)28-3)16-21(23)26-22(24-2)25-17-12-14-27(15-13-17)18-8-4-5-9-18/h6-7,10-11,17-18,21H,4-5,8-9,12-16H2,1-3H3,(H2,24,25,26). The van der Waals surface area contributed by atoms with Crippen LogP contribution in [0.1, 0.15) is 57.4 Å². The zero-order valence-electron chi connectivity index (χ0n) is 17.7. The largest absolute Gasteiger partial charge is 0.496 e. The van der Waals surface area contributed by atoms with E-state index < -0.39 is 0 Å². The van der Waals surface area contributed by atoms with E-state index in [1.807, 2.05) is 13.1 Å². The second-order valence-corrected chi connectivity index (χ2v) is 8.98. The summed E-state index contributed by atoms with van der Waals surface area (Å²) in [6.45, 7) is 4.76. The number of nitrogens with one attached hydrogen (secondary N) is 2. The number of ether oxygens (including phenoxy) is 1.